The zero-order chi connectivity index (χ0) is 44.9. The van der Waals surface area contributed by atoms with Crippen LogP contribution in [0, 0.1) is 17.3 Å². The molecule has 4 fully saturated rings. The van der Waals surface area contributed by atoms with Crippen LogP contribution < -0.4 is 9.46 Å². The largest absolute Gasteiger partial charge is 0.460 e. The molecule has 4 heterocycles. The van der Waals surface area contributed by atoms with Gasteiger partial charge in [-0.1, -0.05) is 50.3 Å². The van der Waals surface area contributed by atoms with Crippen LogP contribution in [0.1, 0.15) is 162 Å². The number of para-hydroxylation sites is 1. The molecule has 8 rings (SSSR count). The first-order valence-electron chi connectivity index (χ1n) is 23.3. The molecular weight excluding hydrogens is 839 g/mol. The highest BCUT2D eigenvalue weighted by molar-refractivity contribution is 7.91. The quantitative estimate of drug-likeness (QED) is 0.153. The predicted molar refractivity (Wildman–Crippen MR) is 243 cm³/mol. The van der Waals surface area contributed by atoms with Gasteiger partial charge in [0.25, 0.3) is 6.01 Å². The van der Waals surface area contributed by atoms with Gasteiger partial charge in [0.2, 0.25) is 21.8 Å². The van der Waals surface area contributed by atoms with Crippen molar-refractivity contribution in [2.75, 3.05) is 6.54 Å². The lowest BCUT2D eigenvalue weighted by Crippen LogP contribution is -2.47. The summed E-state index contributed by atoms with van der Waals surface area (Å²) in [5, 5.41) is 3.09. The Morgan fingerprint density at radius 2 is 1.75 bits per heavy atom. The molecular formula is C48H65N5O8S2. The summed E-state index contributed by atoms with van der Waals surface area (Å²) in [6.45, 7) is 11.2. The van der Waals surface area contributed by atoms with Gasteiger partial charge in [-0.05, 0) is 111 Å². The molecule has 2 amide bonds. The lowest BCUT2D eigenvalue weighted by Gasteiger charge is -2.29. The third kappa shape index (κ3) is 9.65. The van der Waals surface area contributed by atoms with E-state index in [1.807, 2.05) is 34.9 Å². The van der Waals surface area contributed by atoms with Gasteiger partial charge in [-0.25, -0.2) is 13.4 Å². The topological polar surface area (TPSA) is 167 Å². The average molecular weight is 904 g/mol. The molecule has 5 aliphatic rings. The van der Waals surface area contributed by atoms with E-state index >= 15 is 0 Å². The zero-order valence-corrected chi connectivity index (χ0v) is 39.5. The van der Waals surface area contributed by atoms with Crippen LogP contribution in [-0.2, 0) is 33.9 Å². The lowest BCUT2D eigenvalue weighted by atomic mass is 9.87. The summed E-state index contributed by atoms with van der Waals surface area (Å²) in [4.78, 5) is 68.9. The average Bonchev–Trinajstić information content (AvgIpc) is 3.89. The second-order valence-corrected chi connectivity index (χ2v) is 23.5. The normalized spacial score (nSPS) is 27.6. The number of amides is 2. The van der Waals surface area contributed by atoms with Crippen molar-refractivity contribution in [1.82, 2.24) is 24.2 Å². The molecule has 2 aromatic heterocycles. The fourth-order valence-electron chi connectivity index (χ4n) is 10.00. The summed E-state index contributed by atoms with van der Waals surface area (Å²) in [6.07, 6.45) is 14.0. The molecule has 0 unspecified atom stereocenters. The minimum absolute atomic E-state index is 0.0462. The number of fused-ring (bicyclic) bond motifs is 3. The summed E-state index contributed by atoms with van der Waals surface area (Å²) in [5.74, 6) is -2.38. The maximum Gasteiger partial charge on any atom is 0.307 e. The summed E-state index contributed by atoms with van der Waals surface area (Å²) in [5.41, 5.74) is 1.72. The number of aromatic nitrogens is 3. The molecule has 3 saturated carbocycles. The Balaban J connectivity index is 1.11. The highest BCUT2D eigenvalue weighted by Gasteiger charge is 2.62. The van der Waals surface area contributed by atoms with Crippen molar-refractivity contribution in [2.24, 2.45) is 17.3 Å². The molecule has 15 heteroatoms. The van der Waals surface area contributed by atoms with Crippen LogP contribution >= 0.6 is 11.3 Å². The number of ether oxygens (including phenoxy) is 2. The molecule has 5 atom stereocenters. The number of carbonyl (C=O) groups is 4. The molecule has 1 N–H and O–H groups in total. The molecule has 0 bridgehead atoms. The van der Waals surface area contributed by atoms with E-state index in [1.54, 1.807) is 43.9 Å². The number of benzene rings is 1. The first-order valence-corrected chi connectivity index (χ1v) is 25.7. The monoisotopic (exact) mass is 903 g/mol. The van der Waals surface area contributed by atoms with Crippen LogP contribution in [0.15, 0.2) is 35.7 Å². The van der Waals surface area contributed by atoms with Gasteiger partial charge in [0.15, 0.2) is 5.78 Å². The van der Waals surface area contributed by atoms with Gasteiger partial charge in [-0.3, -0.25) is 28.5 Å². The number of ketones is 1. The smallest absolute Gasteiger partial charge is 0.307 e. The highest BCUT2D eigenvalue weighted by Crippen LogP contribution is 2.58. The van der Waals surface area contributed by atoms with Crippen molar-refractivity contribution >= 4 is 56.0 Å². The number of thiazole rings is 1. The van der Waals surface area contributed by atoms with Crippen molar-refractivity contribution in [1.29, 1.82) is 0 Å². The minimum atomic E-state index is -3.96. The van der Waals surface area contributed by atoms with Gasteiger partial charge in [-0.15, -0.1) is 11.3 Å². The van der Waals surface area contributed by atoms with E-state index in [1.165, 1.54) is 19.3 Å². The summed E-state index contributed by atoms with van der Waals surface area (Å²) in [6, 6.07) is 5.44. The van der Waals surface area contributed by atoms with Crippen LogP contribution in [-0.4, -0.2) is 80.5 Å². The summed E-state index contributed by atoms with van der Waals surface area (Å²) >= 11 is 1.63. The zero-order valence-electron chi connectivity index (χ0n) is 37.8. The van der Waals surface area contributed by atoms with E-state index in [9.17, 15) is 27.6 Å². The Morgan fingerprint density at radius 3 is 2.46 bits per heavy atom. The van der Waals surface area contributed by atoms with E-state index in [0.717, 1.165) is 59.4 Å². The van der Waals surface area contributed by atoms with Crippen molar-refractivity contribution in [3.8, 4) is 16.6 Å². The third-order valence-corrected chi connectivity index (χ3v) is 17.1. The standard InChI is InChI=1S/C48H65N5O8S2/c1-30(2)53-37-21-15-20-35(42-49-36(29-62-42)31-16-12-10-13-17-31)41(37)50-45(53)60-34-25-38-39(54)27-48(44(57)51-63(58,59)47(6)22-23-47)26-33(48)19-14-9-7-8-11-18-32(43(56)52(38)28-34)24-40(55)61-46(3,4)5/h14-15,19-21,29-34,38H,7-13,16-18,22-28H2,1-6H3,(H,51,57)/b19-14-/t32-,33+,34-,38+,48-/m1/s1. The minimum Gasteiger partial charge on any atom is -0.460 e. The molecule has 3 aromatic rings. The van der Waals surface area contributed by atoms with Crippen LogP contribution in [0.4, 0.5) is 0 Å². The van der Waals surface area contributed by atoms with Crippen molar-refractivity contribution in [3.05, 3.63) is 41.4 Å². The van der Waals surface area contributed by atoms with E-state index in [-0.39, 0.29) is 49.5 Å². The number of imidazole rings is 1. The van der Waals surface area contributed by atoms with Crippen LogP contribution in [0.3, 0.4) is 0 Å². The van der Waals surface area contributed by atoms with Crippen molar-refractivity contribution < 1.29 is 37.1 Å². The number of allylic oxidation sites excluding steroid dienone is 2. The van der Waals surface area contributed by atoms with E-state index < -0.39 is 55.7 Å². The van der Waals surface area contributed by atoms with Gasteiger partial charge >= 0.3 is 5.97 Å². The maximum absolute atomic E-state index is 14.9. The molecule has 0 spiro atoms. The van der Waals surface area contributed by atoms with Gasteiger partial charge in [-0.2, -0.15) is 4.98 Å². The van der Waals surface area contributed by atoms with Gasteiger partial charge < -0.3 is 14.4 Å². The number of hydrogen-bond donors (Lipinski definition) is 1. The maximum atomic E-state index is 14.9. The molecule has 0 radical (unpaired) electrons. The Kier molecular flexibility index (Phi) is 12.8. The van der Waals surface area contributed by atoms with Crippen molar-refractivity contribution in [2.45, 2.75) is 179 Å². The number of rotatable bonds is 10. The Hall–Kier alpha value is -4.11. The number of nitrogens with zero attached hydrogens (tertiary/aromatic N) is 4. The molecule has 2 aliphatic heterocycles. The fraction of sp³-hybridized carbons (Fsp3) is 0.667. The first-order chi connectivity index (χ1) is 29.9. The Labute approximate surface area is 376 Å². The number of hydrogen-bond acceptors (Lipinski definition) is 11. The molecule has 342 valence electrons. The van der Waals surface area contributed by atoms with Crippen LogP contribution in [0.25, 0.3) is 21.6 Å². The first kappa shape index (κ1) is 45.5. The number of Topliss-reactive ketones (excluding diaryl/α,β-unsaturated/α-hetero) is 1. The van der Waals surface area contributed by atoms with Crippen LogP contribution in [0.2, 0.25) is 0 Å². The second-order valence-electron chi connectivity index (χ2n) is 20.5. The van der Waals surface area contributed by atoms with Gasteiger partial charge in [0.05, 0.1) is 40.4 Å². The van der Waals surface area contributed by atoms with E-state index in [2.05, 4.69) is 23.9 Å². The van der Waals surface area contributed by atoms with Gasteiger partial charge in [0.1, 0.15) is 22.2 Å². The number of sulfonamides is 1. The lowest BCUT2D eigenvalue weighted by molar-refractivity contribution is -0.159. The third-order valence-electron chi connectivity index (χ3n) is 14.0. The predicted octanol–water partition coefficient (Wildman–Crippen LogP) is 8.97. The molecule has 1 aromatic carbocycles. The van der Waals surface area contributed by atoms with E-state index in [0.29, 0.717) is 44.0 Å². The number of carbonyl (C=O) groups excluding carboxylic acids is 4. The second kappa shape index (κ2) is 17.7. The molecule has 1 saturated heterocycles. The SMILES string of the molecule is CC(C)n1c(O[C@@H]2C[C@H]3C(=O)C[C@]4(C(=O)NS(=O)(=O)C5(C)CC5)C[C@@H]4/C=C\CCCCC[C@H](CC(=O)OC(C)(C)C)C(=O)N3C2)nc2c(-c3nc(C4CCCCC4)cs3)cccc21. The highest BCUT2D eigenvalue weighted by atomic mass is 32.2. The van der Waals surface area contributed by atoms with Crippen LogP contribution in [0.5, 0.6) is 6.01 Å². The van der Waals surface area contributed by atoms with E-state index in [4.69, 9.17) is 19.4 Å². The Morgan fingerprint density at radius 1 is 1.02 bits per heavy atom. The van der Waals surface area contributed by atoms with Gasteiger partial charge in [0, 0.05) is 41.7 Å². The summed E-state index contributed by atoms with van der Waals surface area (Å²) in [7, 11) is -3.96. The molecule has 13 nitrogen and oxygen atoms in total. The molecule has 3 aliphatic carbocycles. The Bertz CT molecular complexity index is 2370. The molecule has 63 heavy (non-hydrogen) atoms. The fourth-order valence-corrected chi connectivity index (χ4v) is 12.3. The van der Waals surface area contributed by atoms with Crippen molar-refractivity contribution in [3.63, 3.8) is 0 Å². The number of esters is 1. The number of nitrogens with one attached hydrogen (secondary N) is 1. The summed E-state index contributed by atoms with van der Waals surface area (Å²) < 4.78 is 42.6.